The molecule has 19 heavy (non-hydrogen) atoms. The summed E-state index contributed by atoms with van der Waals surface area (Å²) < 4.78 is 0. The van der Waals surface area contributed by atoms with E-state index in [4.69, 9.17) is 5.11 Å². The van der Waals surface area contributed by atoms with Crippen molar-refractivity contribution in [1.82, 2.24) is 0 Å². The smallest absolute Gasteiger partial charge is 0.335 e. The van der Waals surface area contributed by atoms with Crippen LogP contribution in [0.1, 0.15) is 37.4 Å². The highest BCUT2D eigenvalue weighted by atomic mass is 16.4. The minimum atomic E-state index is -1.03. The van der Waals surface area contributed by atoms with Crippen LogP contribution >= 0.6 is 0 Å². The molecule has 1 N–H and O–H groups in total. The fourth-order valence-electron chi connectivity index (χ4n) is 1.93. The number of ketones is 1. The van der Waals surface area contributed by atoms with Crippen molar-refractivity contribution in [3.63, 3.8) is 0 Å². The van der Waals surface area contributed by atoms with Gasteiger partial charge >= 0.3 is 5.97 Å². The van der Waals surface area contributed by atoms with Crippen LogP contribution in [0.25, 0.3) is 0 Å². The van der Waals surface area contributed by atoms with E-state index in [2.05, 4.69) is 0 Å². The number of carboxylic acids is 1. The van der Waals surface area contributed by atoms with E-state index < -0.39 is 5.97 Å². The molecule has 0 saturated carbocycles. The number of carboxylic acid groups (broad SMARTS) is 1. The van der Waals surface area contributed by atoms with Crippen LogP contribution < -0.4 is 0 Å². The molecule has 0 bridgehead atoms. The van der Waals surface area contributed by atoms with Crippen molar-refractivity contribution < 1.29 is 14.7 Å². The fourth-order valence-corrected chi connectivity index (χ4v) is 1.93. The van der Waals surface area contributed by atoms with Crippen LogP contribution in [-0.2, 0) is 0 Å². The molecule has 2 rings (SSSR count). The second-order valence-electron chi connectivity index (χ2n) is 4.53. The maximum Gasteiger partial charge on any atom is 0.335 e. The Kier molecular flexibility index (Phi) is 3.47. The third-order valence-electron chi connectivity index (χ3n) is 3.01. The molecule has 0 spiro atoms. The first-order chi connectivity index (χ1) is 8.99. The molecule has 0 unspecified atom stereocenters. The summed E-state index contributed by atoms with van der Waals surface area (Å²) in [5, 5.41) is 8.95. The highest BCUT2D eigenvalue weighted by Crippen LogP contribution is 2.17. The van der Waals surface area contributed by atoms with E-state index in [1.165, 1.54) is 12.1 Å². The van der Waals surface area contributed by atoms with Crippen LogP contribution in [0.5, 0.6) is 0 Å². The van der Waals surface area contributed by atoms with Gasteiger partial charge in [0.05, 0.1) is 5.56 Å². The van der Waals surface area contributed by atoms with Crippen molar-refractivity contribution in [2.75, 3.05) is 0 Å². The summed E-state index contributed by atoms with van der Waals surface area (Å²) in [5.41, 5.74) is 3.02. The van der Waals surface area contributed by atoms with Crippen LogP contribution in [0.15, 0.2) is 42.5 Å². The quantitative estimate of drug-likeness (QED) is 0.855. The SMILES string of the molecule is Cc1ccc(C)c(C(=O)c2cccc(C(=O)O)c2)c1. The topological polar surface area (TPSA) is 54.4 Å². The lowest BCUT2D eigenvalue weighted by Crippen LogP contribution is -2.06. The van der Waals surface area contributed by atoms with Gasteiger partial charge < -0.3 is 5.11 Å². The predicted octanol–water partition coefficient (Wildman–Crippen LogP) is 3.23. The Labute approximate surface area is 111 Å². The highest BCUT2D eigenvalue weighted by Gasteiger charge is 2.13. The molecule has 0 radical (unpaired) electrons. The number of rotatable bonds is 3. The summed E-state index contributed by atoms with van der Waals surface area (Å²) >= 11 is 0. The number of hydrogen-bond donors (Lipinski definition) is 1. The lowest BCUT2D eigenvalue weighted by Gasteiger charge is -2.07. The number of aryl methyl sites for hydroxylation is 2. The normalized spacial score (nSPS) is 10.2. The molecule has 0 saturated heterocycles. The molecule has 2 aromatic rings. The zero-order chi connectivity index (χ0) is 14.0. The minimum Gasteiger partial charge on any atom is -0.478 e. The molecular formula is C16H14O3. The highest BCUT2D eigenvalue weighted by molar-refractivity contribution is 6.10. The van der Waals surface area contributed by atoms with Gasteiger partial charge in [0, 0.05) is 11.1 Å². The summed E-state index contributed by atoms with van der Waals surface area (Å²) in [6, 6.07) is 11.8. The van der Waals surface area contributed by atoms with E-state index in [1.807, 2.05) is 32.0 Å². The minimum absolute atomic E-state index is 0.121. The Morgan fingerprint density at radius 1 is 0.947 bits per heavy atom. The molecule has 0 fully saturated rings. The molecule has 0 amide bonds. The second kappa shape index (κ2) is 5.06. The molecular weight excluding hydrogens is 240 g/mol. The largest absolute Gasteiger partial charge is 0.478 e. The number of aromatic carboxylic acids is 1. The average molecular weight is 254 g/mol. The zero-order valence-corrected chi connectivity index (χ0v) is 10.8. The Morgan fingerprint density at radius 2 is 1.63 bits per heavy atom. The van der Waals surface area contributed by atoms with Crippen LogP contribution in [0, 0.1) is 13.8 Å². The first-order valence-electron chi connectivity index (χ1n) is 5.94. The fraction of sp³-hybridized carbons (Fsp3) is 0.125. The van der Waals surface area contributed by atoms with E-state index in [0.29, 0.717) is 11.1 Å². The number of carbonyl (C=O) groups is 2. The van der Waals surface area contributed by atoms with Gasteiger partial charge in [-0.05, 0) is 37.6 Å². The van der Waals surface area contributed by atoms with Gasteiger partial charge in [-0.1, -0.05) is 29.8 Å². The molecule has 0 aliphatic rings. The van der Waals surface area contributed by atoms with E-state index in [0.717, 1.165) is 11.1 Å². The van der Waals surface area contributed by atoms with E-state index in [-0.39, 0.29) is 11.3 Å². The van der Waals surface area contributed by atoms with E-state index in [9.17, 15) is 9.59 Å². The Balaban J connectivity index is 2.47. The number of benzene rings is 2. The van der Waals surface area contributed by atoms with Gasteiger partial charge in [0.2, 0.25) is 0 Å². The Bertz CT molecular complexity index is 657. The molecule has 2 aromatic carbocycles. The number of carbonyl (C=O) groups excluding carboxylic acids is 1. The zero-order valence-electron chi connectivity index (χ0n) is 10.8. The molecule has 0 aliphatic carbocycles. The average Bonchev–Trinajstić information content (AvgIpc) is 2.41. The van der Waals surface area contributed by atoms with Gasteiger partial charge in [-0.3, -0.25) is 4.79 Å². The Morgan fingerprint density at radius 3 is 2.32 bits per heavy atom. The third kappa shape index (κ3) is 2.71. The van der Waals surface area contributed by atoms with Crippen LogP contribution in [0.2, 0.25) is 0 Å². The summed E-state index contributed by atoms with van der Waals surface area (Å²) in [6.07, 6.45) is 0. The molecule has 96 valence electrons. The lowest BCUT2D eigenvalue weighted by molar-refractivity contribution is 0.0697. The van der Waals surface area contributed by atoms with E-state index >= 15 is 0 Å². The summed E-state index contributed by atoms with van der Waals surface area (Å²) in [7, 11) is 0. The standard InChI is InChI=1S/C16H14O3/c1-10-6-7-11(2)14(8-10)15(17)12-4-3-5-13(9-12)16(18)19/h3-9H,1-2H3,(H,18,19). The van der Waals surface area contributed by atoms with Crippen LogP contribution in [-0.4, -0.2) is 16.9 Å². The van der Waals surface area contributed by atoms with Crippen molar-refractivity contribution in [3.05, 3.63) is 70.3 Å². The van der Waals surface area contributed by atoms with Crippen molar-refractivity contribution in [2.45, 2.75) is 13.8 Å². The first-order valence-corrected chi connectivity index (χ1v) is 5.94. The summed E-state index contributed by atoms with van der Waals surface area (Å²) in [4.78, 5) is 23.3. The molecule has 0 heterocycles. The second-order valence-corrected chi connectivity index (χ2v) is 4.53. The summed E-state index contributed by atoms with van der Waals surface area (Å²) in [6.45, 7) is 3.79. The van der Waals surface area contributed by atoms with Gasteiger partial charge in [-0.25, -0.2) is 4.79 Å². The van der Waals surface area contributed by atoms with Crippen molar-refractivity contribution in [3.8, 4) is 0 Å². The van der Waals surface area contributed by atoms with Crippen molar-refractivity contribution >= 4 is 11.8 Å². The van der Waals surface area contributed by atoms with Gasteiger partial charge in [-0.2, -0.15) is 0 Å². The van der Waals surface area contributed by atoms with Crippen LogP contribution in [0.4, 0.5) is 0 Å². The maximum atomic E-state index is 12.4. The first kappa shape index (κ1) is 13.0. The maximum absolute atomic E-state index is 12.4. The lowest BCUT2D eigenvalue weighted by atomic mass is 9.96. The Hall–Kier alpha value is -2.42. The van der Waals surface area contributed by atoms with Crippen LogP contribution in [0.3, 0.4) is 0 Å². The predicted molar refractivity (Wildman–Crippen MR) is 72.7 cm³/mol. The molecule has 3 nitrogen and oxygen atoms in total. The molecule has 0 atom stereocenters. The molecule has 0 aromatic heterocycles. The molecule has 0 aliphatic heterocycles. The summed E-state index contributed by atoms with van der Waals surface area (Å²) in [5.74, 6) is -1.18. The van der Waals surface area contributed by atoms with Gasteiger partial charge in [-0.15, -0.1) is 0 Å². The van der Waals surface area contributed by atoms with E-state index in [1.54, 1.807) is 12.1 Å². The van der Waals surface area contributed by atoms with Gasteiger partial charge in [0.15, 0.2) is 5.78 Å². The monoisotopic (exact) mass is 254 g/mol. The third-order valence-corrected chi connectivity index (χ3v) is 3.01. The van der Waals surface area contributed by atoms with Crippen molar-refractivity contribution in [2.24, 2.45) is 0 Å². The molecule has 3 heteroatoms. The van der Waals surface area contributed by atoms with Gasteiger partial charge in [0.25, 0.3) is 0 Å². The van der Waals surface area contributed by atoms with Gasteiger partial charge in [0.1, 0.15) is 0 Å². The van der Waals surface area contributed by atoms with Crippen molar-refractivity contribution in [1.29, 1.82) is 0 Å². The number of hydrogen-bond acceptors (Lipinski definition) is 2.